The normalized spacial score (nSPS) is 19.8. The molecule has 1 aliphatic heterocycles. The number of azide groups is 1. The first-order valence-electron chi connectivity index (χ1n) is 19.9. The molecule has 0 aromatic heterocycles. The highest BCUT2D eigenvalue weighted by Gasteiger charge is 2.43. The van der Waals surface area contributed by atoms with Gasteiger partial charge in [-0.1, -0.05) is 91.9 Å². The molecule has 1 aliphatic rings. The van der Waals surface area contributed by atoms with Crippen molar-refractivity contribution < 1.29 is 79.6 Å². The zero-order valence-electron chi connectivity index (χ0n) is 34.7. The van der Waals surface area contributed by atoms with Crippen LogP contribution in [0, 0.1) is 5.92 Å². The molecule has 0 aromatic rings. The van der Waals surface area contributed by atoms with Crippen molar-refractivity contribution in [2.45, 2.75) is 121 Å². The van der Waals surface area contributed by atoms with Crippen molar-refractivity contribution in [1.82, 2.24) is 5.32 Å². The van der Waals surface area contributed by atoms with E-state index in [2.05, 4.69) is 37.8 Å². The van der Waals surface area contributed by atoms with Gasteiger partial charge in [0.25, 0.3) is 0 Å². The molecule has 21 nitrogen and oxygen atoms in total. The molecule has 1 saturated heterocycles. The Morgan fingerprint density at radius 1 is 0.881 bits per heavy atom. The van der Waals surface area contributed by atoms with Gasteiger partial charge >= 0.3 is 23.5 Å². The summed E-state index contributed by atoms with van der Waals surface area (Å²) in [4.78, 5) is 52.3. The molecule has 0 aromatic carbocycles. The first kappa shape index (κ1) is 56.7. The highest BCUT2D eigenvalue weighted by molar-refractivity contribution is 8.77. The van der Waals surface area contributed by atoms with Gasteiger partial charge in [-0.2, -0.15) is 8.62 Å². The molecular formula is C33H67N4O17P3S2. The summed E-state index contributed by atoms with van der Waals surface area (Å²) >= 11 is 0. The van der Waals surface area contributed by atoms with Crippen LogP contribution in [0.15, 0.2) is 5.11 Å². The van der Waals surface area contributed by atoms with E-state index in [0.717, 1.165) is 51.4 Å². The summed E-state index contributed by atoms with van der Waals surface area (Å²) in [5, 5.41) is 6.29. The third-order valence-electron chi connectivity index (χ3n) is 8.44. The summed E-state index contributed by atoms with van der Waals surface area (Å²) in [5.41, 5.74) is 8.19. The number of hydrogen-bond acceptors (Lipinski definition) is 16. The molecule has 1 rings (SSSR count). The molecule has 0 spiro atoms. The zero-order valence-corrected chi connectivity index (χ0v) is 39.0. The third-order valence-corrected chi connectivity index (χ3v) is 15.2. The lowest BCUT2D eigenvalue weighted by Crippen LogP contribution is -2.36. The largest absolute Gasteiger partial charge is 0.490 e. The number of phosphoric ester groups is 1. The molecule has 0 radical (unpaired) electrons. The van der Waals surface area contributed by atoms with Crippen LogP contribution in [-0.2, 0) is 60.1 Å². The van der Waals surface area contributed by atoms with Gasteiger partial charge in [-0.25, -0.2) is 13.7 Å². The number of unbranched alkanes of at least 4 members (excludes halogenated alkanes) is 4. The number of nitrogens with zero attached hydrogens (tertiary/aromatic N) is 3. The molecule has 0 saturated carbocycles. The van der Waals surface area contributed by atoms with Crippen molar-refractivity contribution in [1.29, 1.82) is 0 Å². The quantitative estimate of drug-likeness (QED) is 0.00785. The molecule has 4 unspecified atom stereocenters. The van der Waals surface area contributed by atoms with Crippen LogP contribution >= 0.6 is 45.1 Å². The Morgan fingerprint density at radius 3 is 2.10 bits per heavy atom. The fourth-order valence-corrected chi connectivity index (χ4v) is 10.9. The van der Waals surface area contributed by atoms with E-state index in [1.54, 1.807) is 0 Å². The lowest BCUT2D eigenvalue weighted by molar-refractivity contribution is -0.122. The maximum absolute atomic E-state index is 12.5. The Hall–Kier alpha value is -0.350. The van der Waals surface area contributed by atoms with E-state index < -0.39 is 42.3 Å². The molecule has 0 aliphatic carbocycles. The Balaban J connectivity index is 2.53. The van der Waals surface area contributed by atoms with Crippen LogP contribution in [0.25, 0.3) is 10.4 Å². The monoisotopic (exact) mass is 948 g/mol. The number of carbonyl (C=O) groups is 1. The minimum Gasteiger partial charge on any atom is -0.379 e. The molecule has 1 heterocycles. The number of amides is 1. The van der Waals surface area contributed by atoms with Crippen molar-refractivity contribution in [2.75, 3.05) is 78.5 Å². The minimum atomic E-state index is -5.67. The second-order valence-corrected chi connectivity index (χ2v) is 21.6. The molecule has 1 amide bonds. The number of hydrogen-bond donors (Lipinski definition) is 5. The van der Waals surface area contributed by atoms with E-state index in [1.807, 2.05) is 13.8 Å². The maximum atomic E-state index is 12.5. The second-order valence-electron chi connectivity index (χ2n) is 14.2. The summed E-state index contributed by atoms with van der Waals surface area (Å²) in [7, 11) is -13.6. The summed E-state index contributed by atoms with van der Waals surface area (Å²) in [5.74, 6) is 0.446. The fourth-order valence-electron chi connectivity index (χ4n) is 5.66. The number of carbonyl (C=O) groups excluding carboxylic acids is 1. The number of ether oxygens (including phenoxy) is 6. The Kier molecular flexibility index (Phi) is 31.0. The Morgan fingerprint density at radius 2 is 1.49 bits per heavy atom. The third kappa shape index (κ3) is 32.0. The summed E-state index contributed by atoms with van der Waals surface area (Å²) < 4.78 is 81.5. The van der Waals surface area contributed by atoms with E-state index >= 15 is 0 Å². The van der Waals surface area contributed by atoms with Gasteiger partial charge in [-0.3, -0.25) is 9.32 Å². The molecule has 59 heavy (non-hydrogen) atoms. The van der Waals surface area contributed by atoms with Gasteiger partial charge in [0.1, 0.15) is 12.0 Å². The van der Waals surface area contributed by atoms with Crippen molar-refractivity contribution >= 4 is 51.0 Å². The number of nitrogens with one attached hydrogen (secondary N) is 1. The van der Waals surface area contributed by atoms with Crippen LogP contribution in [0.1, 0.15) is 98.3 Å². The van der Waals surface area contributed by atoms with Gasteiger partial charge in [0.05, 0.1) is 71.7 Å². The van der Waals surface area contributed by atoms with Gasteiger partial charge < -0.3 is 53.3 Å². The van der Waals surface area contributed by atoms with E-state index in [-0.39, 0.29) is 42.3 Å². The van der Waals surface area contributed by atoms with Gasteiger partial charge in [-0.05, 0) is 31.7 Å². The van der Waals surface area contributed by atoms with E-state index in [1.165, 1.54) is 28.0 Å². The van der Waals surface area contributed by atoms with E-state index in [4.69, 9.17) is 48.3 Å². The van der Waals surface area contributed by atoms with Crippen LogP contribution in [-0.4, -0.2) is 127 Å². The molecule has 1 fully saturated rings. The second kappa shape index (κ2) is 32.3. The average Bonchev–Trinajstić information content (AvgIpc) is 3.53. The Labute approximate surface area is 356 Å². The van der Waals surface area contributed by atoms with E-state index in [9.17, 15) is 28.3 Å². The smallest absolute Gasteiger partial charge is 0.379 e. The van der Waals surface area contributed by atoms with Gasteiger partial charge in [0, 0.05) is 35.6 Å². The Bertz CT molecular complexity index is 1330. The number of rotatable bonds is 39. The van der Waals surface area contributed by atoms with Crippen LogP contribution < -0.4 is 5.32 Å². The first-order valence-corrected chi connectivity index (χ1v) is 26.7. The first-order chi connectivity index (χ1) is 27.9. The van der Waals surface area contributed by atoms with Crippen molar-refractivity contribution in [3.63, 3.8) is 0 Å². The SMILES string of the molecule is CCCCCCC(CCCC)C[C@H]1CC(OCSSC(C)(C)CNC(=O)CCOCCOCCOCCOCCN=[N+]=[N-])[C@@H](COP(=O)(O)OP(=O)(O)OP(=O)(O)O)O1. The van der Waals surface area contributed by atoms with Crippen molar-refractivity contribution in [3.8, 4) is 0 Å². The lowest BCUT2D eigenvalue weighted by atomic mass is 9.89. The predicted molar refractivity (Wildman–Crippen MR) is 223 cm³/mol. The molecule has 348 valence electrons. The highest BCUT2D eigenvalue weighted by atomic mass is 33.1. The summed E-state index contributed by atoms with van der Waals surface area (Å²) in [6.07, 6.45) is 8.51. The zero-order chi connectivity index (χ0) is 44.0. The maximum Gasteiger partial charge on any atom is 0.490 e. The van der Waals surface area contributed by atoms with Crippen LogP contribution in [0.3, 0.4) is 0 Å². The van der Waals surface area contributed by atoms with Gasteiger partial charge in [0.15, 0.2) is 0 Å². The molecular weight excluding hydrogens is 881 g/mol. The predicted octanol–water partition coefficient (Wildman–Crippen LogP) is 7.04. The minimum absolute atomic E-state index is 0.161. The van der Waals surface area contributed by atoms with Crippen molar-refractivity contribution in [2.24, 2.45) is 11.0 Å². The topological polar surface area (TPSA) is 293 Å². The molecule has 6 atom stereocenters. The van der Waals surface area contributed by atoms with E-state index in [0.29, 0.717) is 65.1 Å². The molecule has 0 bridgehead atoms. The van der Waals surface area contributed by atoms with Crippen LogP contribution in [0.2, 0.25) is 0 Å². The van der Waals surface area contributed by atoms with Gasteiger partial charge in [-0.15, -0.1) is 0 Å². The van der Waals surface area contributed by atoms with Crippen molar-refractivity contribution in [3.05, 3.63) is 10.4 Å². The molecule has 5 N–H and O–H groups in total. The van der Waals surface area contributed by atoms with Gasteiger partial charge in [0.2, 0.25) is 5.91 Å². The highest BCUT2D eigenvalue weighted by Crippen LogP contribution is 2.66. The average molecular weight is 949 g/mol. The summed E-state index contributed by atoms with van der Waals surface area (Å²) in [6.45, 7) is 11.2. The fraction of sp³-hybridized carbons (Fsp3) is 0.970. The lowest BCUT2D eigenvalue weighted by Gasteiger charge is -2.24. The van der Waals surface area contributed by atoms with Crippen LogP contribution in [0.4, 0.5) is 0 Å². The number of phosphoric acid groups is 3. The molecule has 26 heteroatoms. The van der Waals surface area contributed by atoms with Crippen LogP contribution in [0.5, 0.6) is 0 Å². The summed E-state index contributed by atoms with van der Waals surface area (Å²) in [6, 6.07) is 0. The standard InChI is InChI=1S/C33H67N4O17P3S2/c1-5-7-9-10-12-28(11-8-6-2)23-29-24-30(31(52-29)25-51-56(42,43)54-57(44,45)53-55(39,40)41)50-27-58-59-33(3,4)26-35-32(38)13-15-46-17-19-48-21-22-49-20-18-47-16-14-36-37-34/h28-31H,5-27H2,1-4H3,(H,35,38)(H,42,43)(H,44,45)(H2,39,40,41)/t28?,29-,30?,31+/m0/s1.